The van der Waals surface area contributed by atoms with Crippen molar-refractivity contribution >= 4 is 11.6 Å². The van der Waals surface area contributed by atoms with Crippen molar-refractivity contribution in [2.24, 2.45) is 0 Å². The van der Waals surface area contributed by atoms with Gasteiger partial charge in [0.05, 0.1) is 12.1 Å². The molecule has 1 rings (SSSR count). The van der Waals surface area contributed by atoms with Gasteiger partial charge in [0.1, 0.15) is 11.8 Å². The van der Waals surface area contributed by atoms with Gasteiger partial charge in [0.25, 0.3) is 0 Å². The van der Waals surface area contributed by atoms with Crippen LogP contribution in [0.5, 0.6) is 5.75 Å². The number of hydrogen-bond acceptors (Lipinski definition) is 4. The molecule has 5 nitrogen and oxygen atoms in total. The predicted molar refractivity (Wildman–Crippen MR) is 74.5 cm³/mol. The molecular formula is C14H16F3N3O2. The van der Waals surface area contributed by atoms with Crippen molar-refractivity contribution in [3.63, 3.8) is 0 Å². The highest BCUT2D eigenvalue weighted by Gasteiger charge is 2.28. The van der Waals surface area contributed by atoms with Crippen LogP contribution in [-0.4, -0.2) is 31.8 Å². The number of carbonyl (C=O) groups is 1. The standard InChI is InChI=1S/C14H16F3N3O2/c1-2-5-19-13(21)8-20-11-3-4-12(10(6-11)7-18)22-9-14(15,16)17/h3-4,6,20H,2,5,8-9H2,1H3,(H,19,21). The summed E-state index contributed by atoms with van der Waals surface area (Å²) in [7, 11) is 0. The molecule has 1 aromatic carbocycles. The van der Waals surface area contributed by atoms with Crippen LogP contribution in [0.1, 0.15) is 18.9 Å². The Hall–Kier alpha value is -2.43. The molecule has 0 fully saturated rings. The molecule has 8 heteroatoms. The van der Waals surface area contributed by atoms with Crippen LogP contribution < -0.4 is 15.4 Å². The van der Waals surface area contributed by atoms with Crippen molar-refractivity contribution in [2.45, 2.75) is 19.5 Å². The van der Waals surface area contributed by atoms with E-state index in [4.69, 9.17) is 5.26 Å². The number of benzene rings is 1. The Morgan fingerprint density at radius 3 is 2.73 bits per heavy atom. The highest BCUT2D eigenvalue weighted by molar-refractivity contribution is 5.80. The molecule has 0 aliphatic rings. The largest absolute Gasteiger partial charge is 0.483 e. The minimum absolute atomic E-state index is 0.00756. The molecule has 0 aliphatic heterocycles. The van der Waals surface area contributed by atoms with E-state index in [1.165, 1.54) is 18.2 Å². The van der Waals surface area contributed by atoms with Gasteiger partial charge in [0, 0.05) is 12.2 Å². The van der Waals surface area contributed by atoms with Crippen molar-refractivity contribution in [1.29, 1.82) is 5.26 Å². The molecule has 0 bridgehead atoms. The molecule has 22 heavy (non-hydrogen) atoms. The Labute approximate surface area is 126 Å². The molecule has 0 aliphatic carbocycles. The zero-order valence-electron chi connectivity index (χ0n) is 12.0. The number of anilines is 1. The maximum Gasteiger partial charge on any atom is 0.422 e. The second-order valence-corrected chi connectivity index (χ2v) is 4.43. The number of nitrogens with zero attached hydrogens (tertiary/aromatic N) is 1. The van der Waals surface area contributed by atoms with Crippen molar-refractivity contribution in [2.75, 3.05) is 25.0 Å². The quantitative estimate of drug-likeness (QED) is 0.810. The molecule has 0 aromatic heterocycles. The van der Waals surface area contributed by atoms with E-state index in [1.807, 2.05) is 6.92 Å². The minimum atomic E-state index is -4.47. The molecule has 0 atom stereocenters. The lowest BCUT2D eigenvalue weighted by Gasteiger charge is -2.12. The fraction of sp³-hybridized carbons (Fsp3) is 0.429. The summed E-state index contributed by atoms with van der Waals surface area (Å²) in [6.07, 6.45) is -3.66. The average molecular weight is 315 g/mol. The number of rotatable bonds is 7. The first-order valence-electron chi connectivity index (χ1n) is 6.60. The van der Waals surface area contributed by atoms with Crippen LogP contribution in [0.15, 0.2) is 18.2 Å². The lowest BCUT2D eigenvalue weighted by atomic mass is 10.2. The molecule has 0 unspecified atom stereocenters. The van der Waals surface area contributed by atoms with Crippen LogP contribution in [0.3, 0.4) is 0 Å². The summed E-state index contributed by atoms with van der Waals surface area (Å²) in [6, 6.07) is 5.80. The number of nitrogens with one attached hydrogen (secondary N) is 2. The van der Waals surface area contributed by atoms with Gasteiger partial charge >= 0.3 is 6.18 Å². The summed E-state index contributed by atoms with van der Waals surface area (Å²) in [6.45, 7) is 1.03. The van der Waals surface area contributed by atoms with Gasteiger partial charge in [0.15, 0.2) is 6.61 Å². The Bertz CT molecular complexity index is 553. The third kappa shape index (κ3) is 6.35. The van der Waals surface area contributed by atoms with E-state index in [-0.39, 0.29) is 23.8 Å². The van der Waals surface area contributed by atoms with Crippen LogP contribution in [0.4, 0.5) is 18.9 Å². The van der Waals surface area contributed by atoms with Gasteiger partial charge < -0.3 is 15.4 Å². The van der Waals surface area contributed by atoms with Gasteiger partial charge in [-0.2, -0.15) is 18.4 Å². The summed E-state index contributed by atoms with van der Waals surface area (Å²) < 4.78 is 40.9. The maximum atomic E-state index is 12.1. The van der Waals surface area contributed by atoms with E-state index in [0.717, 1.165) is 6.42 Å². The summed E-state index contributed by atoms with van der Waals surface area (Å²) in [5.74, 6) is -0.362. The molecule has 0 saturated heterocycles. The third-order valence-corrected chi connectivity index (χ3v) is 2.52. The van der Waals surface area contributed by atoms with Gasteiger partial charge in [-0.3, -0.25) is 4.79 Å². The van der Waals surface area contributed by atoms with Crippen LogP contribution in [0.2, 0.25) is 0 Å². The van der Waals surface area contributed by atoms with E-state index >= 15 is 0 Å². The summed E-state index contributed by atoms with van der Waals surface area (Å²) in [4.78, 5) is 11.4. The molecule has 1 aromatic rings. The SMILES string of the molecule is CCCNC(=O)CNc1ccc(OCC(F)(F)F)c(C#N)c1. The number of halogens is 3. The number of amides is 1. The molecule has 120 valence electrons. The number of nitriles is 1. The average Bonchev–Trinajstić information content (AvgIpc) is 2.48. The van der Waals surface area contributed by atoms with Crippen molar-refractivity contribution < 1.29 is 22.7 Å². The van der Waals surface area contributed by atoms with E-state index < -0.39 is 12.8 Å². The normalized spacial score (nSPS) is 10.7. The Balaban J connectivity index is 2.65. The minimum Gasteiger partial charge on any atom is -0.483 e. The first-order chi connectivity index (χ1) is 10.4. The Kier molecular flexibility index (Phi) is 6.50. The van der Waals surface area contributed by atoms with Gasteiger partial charge in [0.2, 0.25) is 5.91 Å². The zero-order chi connectivity index (χ0) is 16.6. The van der Waals surface area contributed by atoms with Gasteiger partial charge in [-0.25, -0.2) is 0 Å². The van der Waals surface area contributed by atoms with E-state index in [1.54, 1.807) is 6.07 Å². The molecular weight excluding hydrogens is 299 g/mol. The highest BCUT2D eigenvalue weighted by atomic mass is 19.4. The van der Waals surface area contributed by atoms with Gasteiger partial charge in [-0.1, -0.05) is 6.92 Å². The van der Waals surface area contributed by atoms with E-state index in [0.29, 0.717) is 12.2 Å². The van der Waals surface area contributed by atoms with Crippen LogP contribution in [0.25, 0.3) is 0 Å². The fourth-order valence-corrected chi connectivity index (χ4v) is 1.52. The second-order valence-electron chi connectivity index (χ2n) is 4.43. The van der Waals surface area contributed by atoms with Gasteiger partial charge in [-0.05, 0) is 24.6 Å². The monoisotopic (exact) mass is 315 g/mol. The van der Waals surface area contributed by atoms with Crippen molar-refractivity contribution in [3.8, 4) is 11.8 Å². The van der Waals surface area contributed by atoms with E-state index in [9.17, 15) is 18.0 Å². The lowest BCUT2D eigenvalue weighted by molar-refractivity contribution is -0.153. The van der Waals surface area contributed by atoms with Crippen molar-refractivity contribution in [3.05, 3.63) is 23.8 Å². The Morgan fingerprint density at radius 1 is 1.41 bits per heavy atom. The molecule has 0 heterocycles. The van der Waals surface area contributed by atoms with Crippen LogP contribution in [-0.2, 0) is 4.79 Å². The fourth-order valence-electron chi connectivity index (χ4n) is 1.52. The predicted octanol–water partition coefficient (Wildman–Crippen LogP) is 2.44. The molecule has 2 N–H and O–H groups in total. The highest BCUT2D eigenvalue weighted by Crippen LogP contribution is 2.24. The van der Waals surface area contributed by atoms with Gasteiger partial charge in [-0.15, -0.1) is 0 Å². The summed E-state index contributed by atoms with van der Waals surface area (Å²) >= 11 is 0. The molecule has 0 spiro atoms. The van der Waals surface area contributed by atoms with Crippen molar-refractivity contribution in [1.82, 2.24) is 5.32 Å². The third-order valence-electron chi connectivity index (χ3n) is 2.52. The van der Waals surface area contributed by atoms with E-state index in [2.05, 4.69) is 15.4 Å². The first kappa shape index (κ1) is 17.6. The number of ether oxygens (including phenoxy) is 1. The maximum absolute atomic E-state index is 12.1. The number of hydrogen-bond donors (Lipinski definition) is 2. The zero-order valence-corrected chi connectivity index (χ0v) is 12.0. The Morgan fingerprint density at radius 2 is 2.14 bits per heavy atom. The second kappa shape index (κ2) is 8.12. The smallest absolute Gasteiger partial charge is 0.422 e. The van der Waals surface area contributed by atoms with Crippen LogP contribution in [0, 0.1) is 11.3 Å². The van der Waals surface area contributed by atoms with Crippen LogP contribution >= 0.6 is 0 Å². The summed E-state index contributed by atoms with van der Waals surface area (Å²) in [5.41, 5.74) is 0.408. The summed E-state index contributed by atoms with van der Waals surface area (Å²) in [5, 5.41) is 14.4. The lowest BCUT2D eigenvalue weighted by Crippen LogP contribution is -2.30. The number of alkyl halides is 3. The number of carbonyl (C=O) groups excluding carboxylic acids is 1. The molecule has 0 saturated carbocycles. The first-order valence-corrected chi connectivity index (χ1v) is 6.60. The molecule has 1 amide bonds. The molecule has 0 radical (unpaired) electrons. The topological polar surface area (TPSA) is 74.2 Å².